The minimum absolute atomic E-state index is 0.171. The van der Waals surface area contributed by atoms with E-state index in [0.717, 1.165) is 17.7 Å². The Morgan fingerprint density at radius 2 is 1.93 bits per heavy atom. The molecule has 1 aliphatic heterocycles. The number of esters is 1. The molecule has 0 spiro atoms. The van der Waals surface area contributed by atoms with Crippen molar-refractivity contribution in [3.05, 3.63) is 65.2 Å². The first-order valence-corrected chi connectivity index (χ1v) is 8.43. The van der Waals surface area contributed by atoms with E-state index in [1.54, 1.807) is 36.3 Å². The maximum Gasteiger partial charge on any atom is 0.349 e. The molecule has 2 aromatic rings. The largest absolute Gasteiger partial charge is 0.497 e. The van der Waals surface area contributed by atoms with Gasteiger partial charge in [-0.1, -0.05) is 30.3 Å². The highest BCUT2D eigenvalue weighted by atomic mass is 16.5. The first-order chi connectivity index (χ1) is 13.1. The molecular formula is C21H18N2O4. The van der Waals surface area contributed by atoms with Crippen LogP contribution in [0.15, 0.2) is 54.1 Å². The molecule has 0 saturated carbocycles. The van der Waals surface area contributed by atoms with Crippen LogP contribution in [-0.2, 0) is 20.7 Å². The minimum atomic E-state index is -0.825. The van der Waals surface area contributed by atoms with E-state index in [-0.39, 0.29) is 11.5 Å². The number of benzene rings is 2. The molecule has 0 bridgehead atoms. The molecule has 1 heterocycles. The van der Waals surface area contributed by atoms with Gasteiger partial charge in [0.25, 0.3) is 5.91 Å². The van der Waals surface area contributed by atoms with Crippen LogP contribution in [0.25, 0.3) is 6.08 Å². The van der Waals surface area contributed by atoms with Crippen LogP contribution in [0.4, 0.5) is 5.69 Å². The van der Waals surface area contributed by atoms with Crippen molar-refractivity contribution in [2.24, 2.45) is 0 Å². The number of rotatable bonds is 5. The maximum absolute atomic E-state index is 12.4. The summed E-state index contributed by atoms with van der Waals surface area (Å²) in [7, 11) is 1.55. The molecule has 0 radical (unpaired) electrons. The number of carbonyl (C=O) groups excluding carboxylic acids is 2. The van der Waals surface area contributed by atoms with Gasteiger partial charge in [0.1, 0.15) is 17.4 Å². The van der Waals surface area contributed by atoms with Gasteiger partial charge in [-0.15, -0.1) is 0 Å². The molecule has 0 unspecified atom stereocenters. The van der Waals surface area contributed by atoms with Crippen molar-refractivity contribution < 1.29 is 19.1 Å². The van der Waals surface area contributed by atoms with Crippen LogP contribution in [0, 0.1) is 11.3 Å². The second kappa shape index (κ2) is 8.19. The summed E-state index contributed by atoms with van der Waals surface area (Å²) < 4.78 is 10.1. The highest BCUT2D eigenvalue weighted by molar-refractivity contribution is 6.01. The van der Waals surface area contributed by atoms with E-state index in [0.29, 0.717) is 17.9 Å². The van der Waals surface area contributed by atoms with Crippen LogP contribution in [0.3, 0.4) is 0 Å². The van der Waals surface area contributed by atoms with Crippen LogP contribution in [0.2, 0.25) is 0 Å². The van der Waals surface area contributed by atoms with Crippen LogP contribution < -0.4 is 9.64 Å². The van der Waals surface area contributed by atoms with Crippen LogP contribution in [0.5, 0.6) is 5.75 Å². The second-order valence-corrected chi connectivity index (χ2v) is 5.94. The van der Waals surface area contributed by atoms with Crippen molar-refractivity contribution in [3.8, 4) is 11.8 Å². The van der Waals surface area contributed by atoms with Crippen LogP contribution >= 0.6 is 0 Å². The van der Waals surface area contributed by atoms with Gasteiger partial charge in [0.15, 0.2) is 6.61 Å². The van der Waals surface area contributed by atoms with Crippen molar-refractivity contribution in [3.63, 3.8) is 0 Å². The molecular weight excluding hydrogens is 344 g/mol. The summed E-state index contributed by atoms with van der Waals surface area (Å²) in [5, 5.41) is 9.23. The number of nitriles is 1. The van der Waals surface area contributed by atoms with Crippen molar-refractivity contribution in [2.75, 3.05) is 25.2 Å². The molecule has 6 nitrogen and oxygen atoms in total. The smallest absolute Gasteiger partial charge is 0.349 e. The highest BCUT2D eigenvalue weighted by Crippen LogP contribution is 2.27. The van der Waals surface area contributed by atoms with Crippen LogP contribution in [-0.4, -0.2) is 32.1 Å². The predicted molar refractivity (Wildman–Crippen MR) is 100 cm³/mol. The Bertz CT molecular complexity index is 926. The number of ether oxygens (including phenoxy) is 2. The van der Waals surface area contributed by atoms with Gasteiger partial charge in [-0.2, -0.15) is 5.26 Å². The third-order valence-electron chi connectivity index (χ3n) is 4.28. The molecule has 0 atom stereocenters. The molecule has 0 saturated heterocycles. The monoisotopic (exact) mass is 362 g/mol. The number of amides is 1. The lowest BCUT2D eigenvalue weighted by Crippen LogP contribution is -2.33. The fourth-order valence-electron chi connectivity index (χ4n) is 2.88. The molecule has 6 heteroatoms. The van der Waals surface area contributed by atoms with Gasteiger partial charge < -0.3 is 14.4 Å². The number of methoxy groups -OCH3 is 1. The Morgan fingerprint density at radius 1 is 1.19 bits per heavy atom. The van der Waals surface area contributed by atoms with Crippen LogP contribution in [0.1, 0.15) is 11.1 Å². The molecule has 0 fully saturated rings. The van der Waals surface area contributed by atoms with Gasteiger partial charge in [0, 0.05) is 12.2 Å². The molecule has 136 valence electrons. The van der Waals surface area contributed by atoms with E-state index in [1.165, 1.54) is 6.08 Å². The minimum Gasteiger partial charge on any atom is -0.497 e. The van der Waals surface area contributed by atoms with E-state index >= 15 is 0 Å². The van der Waals surface area contributed by atoms with Crippen molar-refractivity contribution >= 4 is 23.6 Å². The van der Waals surface area contributed by atoms with Gasteiger partial charge >= 0.3 is 5.97 Å². The van der Waals surface area contributed by atoms with Crippen molar-refractivity contribution in [1.29, 1.82) is 5.26 Å². The number of nitrogens with zero attached hydrogens (tertiary/aromatic N) is 2. The van der Waals surface area contributed by atoms with Gasteiger partial charge in [-0.05, 0) is 41.8 Å². The molecule has 0 N–H and O–H groups in total. The lowest BCUT2D eigenvalue weighted by Gasteiger charge is -2.17. The Labute approximate surface area is 157 Å². The summed E-state index contributed by atoms with van der Waals surface area (Å²) >= 11 is 0. The Morgan fingerprint density at radius 3 is 2.63 bits per heavy atom. The third-order valence-corrected chi connectivity index (χ3v) is 4.28. The Hall–Kier alpha value is -3.59. The topological polar surface area (TPSA) is 79.6 Å². The Kier molecular flexibility index (Phi) is 5.53. The molecule has 0 aliphatic carbocycles. The number of carbonyl (C=O) groups is 2. The van der Waals surface area contributed by atoms with E-state index < -0.39 is 12.6 Å². The van der Waals surface area contributed by atoms with Gasteiger partial charge in [0.2, 0.25) is 0 Å². The zero-order chi connectivity index (χ0) is 19.2. The summed E-state index contributed by atoms with van der Waals surface area (Å²) in [6, 6.07) is 16.3. The molecule has 0 aromatic heterocycles. The zero-order valence-corrected chi connectivity index (χ0v) is 14.8. The third kappa shape index (κ3) is 4.15. The normalized spacial score (nSPS) is 12.9. The number of anilines is 1. The summed E-state index contributed by atoms with van der Waals surface area (Å²) in [4.78, 5) is 26.1. The molecule has 1 amide bonds. The first-order valence-electron chi connectivity index (χ1n) is 8.43. The average molecular weight is 362 g/mol. The number of hydrogen-bond acceptors (Lipinski definition) is 5. The molecule has 1 aliphatic rings. The van der Waals surface area contributed by atoms with Crippen molar-refractivity contribution in [2.45, 2.75) is 6.42 Å². The van der Waals surface area contributed by atoms with E-state index in [1.807, 2.05) is 30.3 Å². The second-order valence-electron chi connectivity index (χ2n) is 5.94. The van der Waals surface area contributed by atoms with E-state index in [9.17, 15) is 14.9 Å². The summed E-state index contributed by atoms with van der Waals surface area (Å²) in [6.45, 7) is 0.150. The van der Waals surface area contributed by atoms with Gasteiger partial charge in [-0.25, -0.2) is 4.79 Å². The lowest BCUT2D eigenvalue weighted by molar-refractivity contribution is -0.143. The summed E-state index contributed by atoms with van der Waals surface area (Å²) in [5.41, 5.74) is 2.42. The molecule has 3 rings (SSSR count). The number of fused-ring (bicyclic) bond motifs is 1. The highest BCUT2D eigenvalue weighted by Gasteiger charge is 2.25. The predicted octanol–water partition coefficient (Wildman–Crippen LogP) is 2.73. The van der Waals surface area contributed by atoms with E-state index in [2.05, 4.69) is 0 Å². The maximum atomic E-state index is 12.4. The zero-order valence-electron chi connectivity index (χ0n) is 14.8. The average Bonchev–Trinajstić information content (AvgIpc) is 3.14. The first kappa shape index (κ1) is 18.2. The number of para-hydroxylation sites is 1. The molecule has 27 heavy (non-hydrogen) atoms. The fraction of sp³-hybridized carbons (Fsp3) is 0.190. The Balaban J connectivity index is 1.63. The van der Waals surface area contributed by atoms with Gasteiger partial charge in [0.05, 0.1) is 7.11 Å². The fourth-order valence-corrected chi connectivity index (χ4v) is 2.88. The SMILES string of the molecule is COc1ccc(C=C(C#N)C(=O)OCC(=O)N2CCc3ccccc32)cc1. The molecule has 2 aromatic carbocycles. The summed E-state index contributed by atoms with van der Waals surface area (Å²) in [6.07, 6.45) is 2.19. The quantitative estimate of drug-likeness (QED) is 0.464. The standard InChI is InChI=1S/C21H18N2O4/c1-26-18-8-6-15(7-9-18)12-17(13-22)21(25)27-14-20(24)23-11-10-16-4-2-3-5-19(16)23/h2-9,12H,10-11,14H2,1H3. The summed E-state index contributed by atoms with van der Waals surface area (Å²) in [5.74, 6) is -0.464. The van der Waals surface area contributed by atoms with Gasteiger partial charge in [-0.3, -0.25) is 4.79 Å². The number of hydrogen-bond donors (Lipinski definition) is 0. The lowest BCUT2D eigenvalue weighted by atomic mass is 10.1. The van der Waals surface area contributed by atoms with Crippen molar-refractivity contribution in [1.82, 2.24) is 0 Å². The van der Waals surface area contributed by atoms with E-state index in [4.69, 9.17) is 9.47 Å².